The topological polar surface area (TPSA) is 111 Å². The number of pyridine rings is 1. The van der Waals surface area contributed by atoms with Crippen molar-refractivity contribution in [2.45, 2.75) is 25.2 Å². The van der Waals surface area contributed by atoms with Crippen molar-refractivity contribution in [3.05, 3.63) is 42.0 Å². The van der Waals surface area contributed by atoms with E-state index in [1.54, 1.807) is 23.0 Å². The summed E-state index contributed by atoms with van der Waals surface area (Å²) in [5.41, 5.74) is 4.16. The minimum absolute atomic E-state index is 0.142. The van der Waals surface area contributed by atoms with Gasteiger partial charge in [0.2, 0.25) is 11.6 Å². The van der Waals surface area contributed by atoms with E-state index in [0.29, 0.717) is 47.7 Å². The molecule has 1 amide bonds. The molecular formula is C21H21N7O3. The first-order valence-corrected chi connectivity index (χ1v) is 10.5. The summed E-state index contributed by atoms with van der Waals surface area (Å²) in [6.07, 6.45) is 7.48. The summed E-state index contributed by atoms with van der Waals surface area (Å²) in [7, 11) is 0. The molecule has 2 aliphatic rings. The van der Waals surface area contributed by atoms with Gasteiger partial charge < -0.3 is 19.4 Å². The smallest absolute Gasteiger partial charge is 0.300 e. The molecule has 4 aromatic rings. The molecule has 0 spiro atoms. The first kappa shape index (κ1) is 18.3. The van der Waals surface area contributed by atoms with E-state index >= 15 is 0 Å². The number of carbonyl (C=O) groups excluding carboxylic acids is 1. The average molecular weight is 419 g/mol. The second-order valence-electron chi connectivity index (χ2n) is 7.90. The van der Waals surface area contributed by atoms with Crippen LogP contribution in [0, 0.1) is 0 Å². The SMILES string of the molecule is O=C(Cc1cnn2cccnc12)Nc1cc2oc(N3CCOCC3)nc2nc1C1CC1. The van der Waals surface area contributed by atoms with Crippen LogP contribution < -0.4 is 10.2 Å². The number of hydrogen-bond acceptors (Lipinski definition) is 8. The summed E-state index contributed by atoms with van der Waals surface area (Å²) in [4.78, 5) is 28.5. The van der Waals surface area contributed by atoms with Gasteiger partial charge in [0.05, 0.1) is 37.2 Å². The summed E-state index contributed by atoms with van der Waals surface area (Å²) in [5, 5.41) is 7.28. The minimum atomic E-state index is -0.142. The zero-order valence-electron chi connectivity index (χ0n) is 16.8. The van der Waals surface area contributed by atoms with Crippen LogP contribution in [0.15, 0.2) is 35.1 Å². The number of ether oxygens (including phenoxy) is 1. The third-order valence-corrected chi connectivity index (χ3v) is 5.62. The van der Waals surface area contributed by atoms with Crippen LogP contribution in [-0.2, 0) is 16.0 Å². The molecule has 6 rings (SSSR count). The van der Waals surface area contributed by atoms with Gasteiger partial charge >= 0.3 is 0 Å². The summed E-state index contributed by atoms with van der Waals surface area (Å²) >= 11 is 0. The number of aromatic nitrogens is 5. The van der Waals surface area contributed by atoms with E-state index in [1.807, 2.05) is 12.3 Å². The van der Waals surface area contributed by atoms with Crippen molar-refractivity contribution in [3.8, 4) is 0 Å². The second-order valence-corrected chi connectivity index (χ2v) is 7.90. The Balaban J connectivity index is 1.28. The van der Waals surface area contributed by atoms with Gasteiger partial charge in [0.25, 0.3) is 6.01 Å². The van der Waals surface area contributed by atoms with Crippen LogP contribution >= 0.6 is 0 Å². The van der Waals surface area contributed by atoms with E-state index in [4.69, 9.17) is 14.1 Å². The highest BCUT2D eigenvalue weighted by Gasteiger charge is 2.30. The van der Waals surface area contributed by atoms with Gasteiger partial charge in [-0.05, 0) is 18.9 Å². The Bertz CT molecular complexity index is 1270. The number of anilines is 2. The third-order valence-electron chi connectivity index (χ3n) is 5.62. The van der Waals surface area contributed by atoms with Gasteiger partial charge in [-0.2, -0.15) is 10.1 Å². The fourth-order valence-corrected chi connectivity index (χ4v) is 3.89. The molecule has 1 aliphatic carbocycles. The number of nitrogens with zero attached hydrogens (tertiary/aromatic N) is 6. The number of hydrogen-bond donors (Lipinski definition) is 1. The van der Waals surface area contributed by atoms with Gasteiger partial charge in [-0.1, -0.05) is 0 Å². The monoisotopic (exact) mass is 419 g/mol. The Morgan fingerprint density at radius 3 is 2.94 bits per heavy atom. The van der Waals surface area contributed by atoms with E-state index < -0.39 is 0 Å². The van der Waals surface area contributed by atoms with Crippen molar-refractivity contribution in [3.63, 3.8) is 0 Å². The van der Waals surface area contributed by atoms with Gasteiger partial charge in [0.1, 0.15) is 0 Å². The molecule has 0 radical (unpaired) electrons. The van der Waals surface area contributed by atoms with Crippen molar-refractivity contribution in [2.75, 3.05) is 36.5 Å². The molecule has 5 heterocycles. The van der Waals surface area contributed by atoms with Gasteiger partial charge in [-0.25, -0.2) is 14.5 Å². The van der Waals surface area contributed by atoms with E-state index in [-0.39, 0.29) is 12.3 Å². The van der Waals surface area contributed by atoms with Crippen molar-refractivity contribution < 1.29 is 13.9 Å². The normalized spacial score (nSPS) is 16.8. The standard InChI is InChI=1S/C21H21N7O3/c29-17(10-14-12-23-28-5-1-4-22-20(14)28)24-15-11-16-19(25-18(15)13-2-3-13)26-21(31-16)27-6-8-30-9-7-27/h1,4-5,11-13H,2-3,6-10H2,(H,24,29). The Hall–Kier alpha value is -3.53. The Labute approximate surface area is 177 Å². The molecule has 10 heteroatoms. The first-order valence-electron chi connectivity index (χ1n) is 10.5. The summed E-state index contributed by atoms with van der Waals surface area (Å²) in [5.74, 6) is 0.207. The summed E-state index contributed by atoms with van der Waals surface area (Å²) in [6, 6.07) is 4.20. The average Bonchev–Trinajstić information content (AvgIpc) is 3.44. The number of oxazole rings is 1. The second kappa shape index (κ2) is 7.31. The lowest BCUT2D eigenvalue weighted by atomic mass is 10.2. The molecule has 0 bridgehead atoms. The molecule has 2 fully saturated rings. The van der Waals surface area contributed by atoms with Crippen LogP contribution in [0.5, 0.6) is 0 Å². The van der Waals surface area contributed by atoms with Crippen LogP contribution in [-0.4, -0.2) is 56.8 Å². The van der Waals surface area contributed by atoms with E-state index in [9.17, 15) is 4.79 Å². The predicted molar refractivity (Wildman–Crippen MR) is 112 cm³/mol. The van der Waals surface area contributed by atoms with Crippen molar-refractivity contribution in [1.29, 1.82) is 0 Å². The summed E-state index contributed by atoms with van der Waals surface area (Å²) < 4.78 is 13.0. The van der Waals surface area contributed by atoms with Gasteiger partial charge in [-0.15, -0.1) is 0 Å². The lowest BCUT2D eigenvalue weighted by Crippen LogP contribution is -2.36. The molecule has 10 nitrogen and oxygen atoms in total. The molecule has 0 aromatic carbocycles. The maximum atomic E-state index is 12.8. The number of carbonyl (C=O) groups is 1. The number of rotatable bonds is 5. The molecule has 0 atom stereocenters. The van der Waals surface area contributed by atoms with Crippen molar-refractivity contribution in [2.24, 2.45) is 0 Å². The lowest BCUT2D eigenvalue weighted by Gasteiger charge is -2.24. The molecule has 4 aromatic heterocycles. The largest absolute Gasteiger partial charge is 0.422 e. The Morgan fingerprint density at radius 2 is 2.10 bits per heavy atom. The summed E-state index contributed by atoms with van der Waals surface area (Å²) in [6.45, 7) is 2.78. The molecule has 1 N–H and O–H groups in total. The van der Waals surface area contributed by atoms with E-state index in [0.717, 1.165) is 37.2 Å². The third kappa shape index (κ3) is 3.48. The van der Waals surface area contributed by atoms with Crippen LogP contribution in [0.1, 0.15) is 30.0 Å². The lowest BCUT2D eigenvalue weighted by molar-refractivity contribution is -0.115. The molecule has 1 saturated carbocycles. The fraction of sp³-hybridized carbons (Fsp3) is 0.381. The van der Waals surface area contributed by atoms with E-state index in [2.05, 4.69) is 25.3 Å². The Morgan fingerprint density at radius 1 is 1.23 bits per heavy atom. The maximum absolute atomic E-state index is 12.8. The fourth-order valence-electron chi connectivity index (χ4n) is 3.89. The first-order chi connectivity index (χ1) is 15.2. The molecule has 158 valence electrons. The molecule has 1 aliphatic heterocycles. The van der Waals surface area contributed by atoms with Crippen LogP contribution in [0.25, 0.3) is 16.9 Å². The van der Waals surface area contributed by atoms with Crippen LogP contribution in [0.3, 0.4) is 0 Å². The minimum Gasteiger partial charge on any atom is -0.422 e. The highest BCUT2D eigenvalue weighted by Crippen LogP contribution is 2.43. The van der Waals surface area contributed by atoms with Gasteiger partial charge in [0, 0.05) is 43.0 Å². The van der Waals surface area contributed by atoms with Gasteiger partial charge in [0.15, 0.2) is 11.2 Å². The molecule has 0 unspecified atom stereocenters. The maximum Gasteiger partial charge on any atom is 0.300 e. The van der Waals surface area contributed by atoms with Gasteiger partial charge in [-0.3, -0.25) is 4.79 Å². The van der Waals surface area contributed by atoms with Crippen LogP contribution in [0.4, 0.5) is 11.7 Å². The number of morpholine rings is 1. The molecule has 31 heavy (non-hydrogen) atoms. The zero-order valence-corrected chi connectivity index (χ0v) is 16.8. The predicted octanol–water partition coefficient (Wildman–Crippen LogP) is 2.16. The molecule has 1 saturated heterocycles. The molecular weight excluding hydrogens is 398 g/mol. The number of nitrogens with one attached hydrogen (secondary N) is 1. The number of fused-ring (bicyclic) bond motifs is 2. The quantitative estimate of drug-likeness (QED) is 0.524. The highest BCUT2D eigenvalue weighted by molar-refractivity contribution is 5.95. The highest BCUT2D eigenvalue weighted by atomic mass is 16.5. The van der Waals surface area contributed by atoms with E-state index in [1.165, 1.54) is 0 Å². The zero-order chi connectivity index (χ0) is 20.8. The van der Waals surface area contributed by atoms with Crippen molar-refractivity contribution in [1.82, 2.24) is 24.6 Å². The number of amides is 1. The van der Waals surface area contributed by atoms with Crippen molar-refractivity contribution >= 4 is 34.5 Å². The Kier molecular flexibility index (Phi) is 4.30. The van der Waals surface area contributed by atoms with Crippen LogP contribution in [0.2, 0.25) is 0 Å².